The van der Waals surface area contributed by atoms with Crippen molar-refractivity contribution >= 4 is 40.1 Å². The van der Waals surface area contributed by atoms with Gasteiger partial charge >= 0.3 is 6.09 Å². The summed E-state index contributed by atoms with van der Waals surface area (Å²) in [5, 5.41) is 17.0. The summed E-state index contributed by atoms with van der Waals surface area (Å²) < 4.78 is 5.10. The molecule has 0 unspecified atom stereocenters. The Labute approximate surface area is 148 Å². The molecule has 0 radical (unpaired) electrons. The summed E-state index contributed by atoms with van der Waals surface area (Å²) in [5.74, 6) is -1.09. The van der Waals surface area contributed by atoms with Gasteiger partial charge in [-0.1, -0.05) is 0 Å². The number of amides is 3. The van der Waals surface area contributed by atoms with Crippen LogP contribution in [-0.2, 0) is 14.3 Å². The van der Waals surface area contributed by atoms with Crippen LogP contribution in [0.1, 0.15) is 26.5 Å². The summed E-state index contributed by atoms with van der Waals surface area (Å²) in [6.45, 7) is 5.37. The number of hydrogen-bond acceptors (Lipinski definition) is 8. The fourth-order valence-electron chi connectivity index (χ4n) is 1.97. The topological polar surface area (TPSA) is 159 Å². The Bertz CT molecular complexity index is 710. The van der Waals surface area contributed by atoms with Gasteiger partial charge in [0.15, 0.2) is 5.13 Å². The molecule has 0 spiro atoms. The van der Waals surface area contributed by atoms with E-state index in [0.717, 1.165) is 11.3 Å². The molecule has 1 saturated heterocycles. The van der Waals surface area contributed by atoms with Crippen LogP contribution in [0.25, 0.3) is 0 Å². The molecule has 0 bridgehead atoms. The number of carbonyl (C=O) groups is 3. The molecule has 3 amide bonds. The van der Waals surface area contributed by atoms with E-state index in [1.165, 1.54) is 5.38 Å². The van der Waals surface area contributed by atoms with Gasteiger partial charge < -0.3 is 21.1 Å². The Hall–Kier alpha value is -2.53. The second kappa shape index (κ2) is 7.15. The van der Waals surface area contributed by atoms with Gasteiger partial charge in [0.2, 0.25) is 5.91 Å². The minimum Gasteiger partial charge on any atom is -0.444 e. The van der Waals surface area contributed by atoms with Crippen LogP contribution in [0.2, 0.25) is 0 Å². The zero-order chi connectivity index (χ0) is 18.8. The summed E-state index contributed by atoms with van der Waals surface area (Å²) in [4.78, 5) is 39.2. The van der Waals surface area contributed by atoms with Crippen LogP contribution in [-0.4, -0.2) is 52.8 Å². The van der Waals surface area contributed by atoms with E-state index in [9.17, 15) is 14.4 Å². The smallest absolute Gasteiger partial charge is 0.413 e. The molecule has 0 aliphatic carbocycles. The monoisotopic (exact) mass is 368 g/mol. The predicted octanol–water partition coefficient (Wildman–Crippen LogP) is -0.200. The number of hydrogen-bond donors (Lipinski definition) is 5. The summed E-state index contributed by atoms with van der Waals surface area (Å²) >= 11 is 1.05. The average Bonchev–Trinajstić information content (AvgIpc) is 2.95. The number of nitrogens with two attached hydrogens (primary N) is 1. The minimum atomic E-state index is -0.754. The van der Waals surface area contributed by atoms with Gasteiger partial charge in [-0.15, -0.1) is 11.3 Å². The van der Waals surface area contributed by atoms with E-state index >= 15 is 0 Å². The molecular formula is C14H20N6O4S. The molecule has 25 heavy (non-hydrogen) atoms. The second-order valence-corrected chi connectivity index (χ2v) is 7.20. The van der Waals surface area contributed by atoms with Crippen molar-refractivity contribution in [1.29, 1.82) is 5.41 Å². The van der Waals surface area contributed by atoms with Crippen LogP contribution in [0.15, 0.2) is 5.38 Å². The van der Waals surface area contributed by atoms with Crippen molar-refractivity contribution in [2.24, 2.45) is 5.73 Å². The quantitative estimate of drug-likeness (QED) is 0.357. The van der Waals surface area contributed by atoms with Crippen LogP contribution in [0.5, 0.6) is 0 Å². The van der Waals surface area contributed by atoms with Crippen molar-refractivity contribution in [1.82, 2.24) is 15.6 Å². The van der Waals surface area contributed by atoms with Crippen molar-refractivity contribution in [2.75, 3.05) is 11.9 Å². The van der Waals surface area contributed by atoms with E-state index in [0.29, 0.717) is 0 Å². The fraction of sp³-hybridized carbons (Fsp3) is 0.500. The summed E-state index contributed by atoms with van der Waals surface area (Å²) in [6, 6.07) is -1.10. The van der Waals surface area contributed by atoms with Crippen LogP contribution >= 0.6 is 11.3 Å². The Balaban J connectivity index is 1.94. The van der Waals surface area contributed by atoms with E-state index in [4.69, 9.17) is 15.9 Å². The molecule has 1 aliphatic rings. The first kappa shape index (κ1) is 18.8. The van der Waals surface area contributed by atoms with Gasteiger partial charge in [-0.3, -0.25) is 20.3 Å². The number of anilines is 1. The first-order chi connectivity index (χ1) is 11.6. The lowest BCUT2D eigenvalue weighted by molar-refractivity contribution is -0.134. The zero-order valence-electron chi connectivity index (χ0n) is 14.0. The van der Waals surface area contributed by atoms with Crippen LogP contribution < -0.4 is 21.7 Å². The van der Waals surface area contributed by atoms with Gasteiger partial charge in [0, 0.05) is 11.9 Å². The van der Waals surface area contributed by atoms with E-state index in [-0.39, 0.29) is 29.3 Å². The van der Waals surface area contributed by atoms with Gasteiger partial charge in [-0.2, -0.15) is 0 Å². The summed E-state index contributed by atoms with van der Waals surface area (Å²) in [6.07, 6.45) is -0.679. The Morgan fingerprint density at radius 2 is 2.16 bits per heavy atom. The van der Waals surface area contributed by atoms with Crippen LogP contribution in [0, 0.1) is 5.41 Å². The number of carbonyl (C=O) groups excluding carboxylic acids is 3. The predicted molar refractivity (Wildman–Crippen MR) is 91.7 cm³/mol. The second-order valence-electron chi connectivity index (χ2n) is 6.34. The third kappa shape index (κ3) is 4.73. The zero-order valence-corrected chi connectivity index (χ0v) is 14.8. The highest BCUT2D eigenvalue weighted by Gasteiger charge is 2.39. The minimum absolute atomic E-state index is 0.0811. The van der Waals surface area contributed by atoms with E-state index < -0.39 is 29.4 Å². The van der Waals surface area contributed by atoms with E-state index in [1.807, 2.05) is 0 Å². The third-order valence-electron chi connectivity index (χ3n) is 3.15. The maximum atomic E-state index is 12.1. The third-order valence-corrected chi connectivity index (χ3v) is 3.91. The van der Waals surface area contributed by atoms with Gasteiger partial charge in [-0.25, -0.2) is 9.78 Å². The maximum Gasteiger partial charge on any atom is 0.413 e. The van der Waals surface area contributed by atoms with E-state index in [2.05, 4.69) is 20.9 Å². The van der Waals surface area contributed by atoms with Gasteiger partial charge in [0.25, 0.3) is 5.91 Å². The Kier molecular flexibility index (Phi) is 5.38. The van der Waals surface area contributed by atoms with Crippen molar-refractivity contribution in [3.8, 4) is 0 Å². The van der Waals surface area contributed by atoms with Crippen molar-refractivity contribution in [3.63, 3.8) is 0 Å². The Morgan fingerprint density at radius 3 is 2.72 bits per heavy atom. The number of thiazole rings is 1. The number of β-lactam (4-membered cyclic amide) rings is 1. The highest BCUT2D eigenvalue weighted by molar-refractivity contribution is 7.14. The molecule has 2 heterocycles. The lowest BCUT2D eigenvalue weighted by Crippen LogP contribution is -2.71. The van der Waals surface area contributed by atoms with Gasteiger partial charge in [0.05, 0.1) is 6.04 Å². The number of ether oxygens (including phenoxy) is 1. The number of rotatable bonds is 5. The molecule has 1 fully saturated rings. The first-order valence-corrected chi connectivity index (χ1v) is 8.34. The summed E-state index contributed by atoms with van der Waals surface area (Å²) in [5.41, 5.74) is 4.48. The fourth-order valence-corrected chi connectivity index (χ4v) is 2.66. The molecule has 2 atom stereocenters. The molecule has 0 saturated carbocycles. The van der Waals surface area contributed by atoms with Crippen molar-refractivity contribution < 1.29 is 19.1 Å². The van der Waals surface area contributed by atoms with Gasteiger partial charge in [0.1, 0.15) is 23.0 Å². The molecule has 2 rings (SSSR count). The lowest BCUT2D eigenvalue weighted by atomic mass is 9.99. The average molecular weight is 368 g/mol. The maximum absolute atomic E-state index is 12.1. The van der Waals surface area contributed by atoms with E-state index in [1.54, 1.807) is 20.8 Å². The molecule has 1 aliphatic heterocycles. The molecule has 1 aromatic heterocycles. The first-order valence-electron chi connectivity index (χ1n) is 7.46. The summed E-state index contributed by atoms with van der Waals surface area (Å²) in [7, 11) is 0. The molecule has 10 nitrogen and oxygen atoms in total. The molecule has 136 valence electrons. The molecular weight excluding hydrogens is 348 g/mol. The van der Waals surface area contributed by atoms with Crippen molar-refractivity contribution in [3.05, 3.63) is 11.1 Å². The number of nitrogens with one attached hydrogen (secondary N) is 4. The standard InChI is InChI=1S/C14H20N6O4S/c1-14(2,3)24-13(23)20-12-18-7(5-25-12)8(16)10(21)19-9-6(4-15)17-11(9)22/h5-6,9,16H,4,15H2,1-3H3,(H,17,22)(H,19,21)(H,18,20,23)/t6-,9+/m1/s1. The highest BCUT2D eigenvalue weighted by Crippen LogP contribution is 2.18. The molecule has 1 aromatic rings. The highest BCUT2D eigenvalue weighted by atomic mass is 32.1. The van der Waals surface area contributed by atoms with Crippen LogP contribution in [0.3, 0.4) is 0 Å². The normalized spacial score (nSPS) is 19.4. The SMILES string of the molecule is CC(C)(C)OC(=O)Nc1nc(C(=N)C(=O)N[C@@H]2C(=O)N[C@@H]2CN)cs1. The number of aromatic nitrogens is 1. The molecule has 6 N–H and O–H groups in total. The Morgan fingerprint density at radius 1 is 1.48 bits per heavy atom. The molecule has 0 aromatic carbocycles. The lowest BCUT2D eigenvalue weighted by Gasteiger charge is -2.36. The van der Waals surface area contributed by atoms with Crippen molar-refractivity contribution in [2.45, 2.75) is 38.5 Å². The molecule has 11 heteroatoms. The largest absolute Gasteiger partial charge is 0.444 e. The number of nitrogens with zero attached hydrogens (tertiary/aromatic N) is 1. The van der Waals surface area contributed by atoms with Crippen LogP contribution in [0.4, 0.5) is 9.93 Å². The van der Waals surface area contributed by atoms with Gasteiger partial charge in [-0.05, 0) is 20.8 Å².